The van der Waals surface area contributed by atoms with Gasteiger partial charge in [-0.2, -0.15) is 0 Å². The van der Waals surface area contributed by atoms with Crippen LogP contribution in [0.15, 0.2) is 41.6 Å². The summed E-state index contributed by atoms with van der Waals surface area (Å²) < 4.78 is 7.40. The predicted octanol–water partition coefficient (Wildman–Crippen LogP) is 3.43. The first kappa shape index (κ1) is 14.9. The summed E-state index contributed by atoms with van der Waals surface area (Å²) in [4.78, 5) is 5.62. The van der Waals surface area contributed by atoms with Gasteiger partial charge in [0, 0.05) is 42.7 Å². The van der Waals surface area contributed by atoms with Crippen molar-refractivity contribution >= 4 is 17.7 Å². The van der Waals surface area contributed by atoms with Gasteiger partial charge in [0.25, 0.3) is 0 Å². The lowest BCUT2D eigenvalue weighted by Gasteiger charge is -2.10. The van der Waals surface area contributed by atoms with E-state index in [2.05, 4.69) is 45.4 Å². The highest BCUT2D eigenvalue weighted by Gasteiger charge is 2.04. The van der Waals surface area contributed by atoms with Crippen LogP contribution in [0.5, 0.6) is 0 Å². The van der Waals surface area contributed by atoms with Gasteiger partial charge in [0.15, 0.2) is 0 Å². The summed E-state index contributed by atoms with van der Waals surface area (Å²) >= 11 is 1.74. The maximum atomic E-state index is 5.33. The second-order valence-electron chi connectivity index (χ2n) is 4.30. The lowest BCUT2D eigenvalue weighted by atomic mass is 10.3. The Labute approximate surface area is 124 Å². The van der Waals surface area contributed by atoms with E-state index in [1.165, 1.54) is 4.90 Å². The summed E-state index contributed by atoms with van der Waals surface area (Å²) in [6.45, 7) is 4.43. The Kier molecular flexibility index (Phi) is 5.95. The Balaban J connectivity index is 2.00. The molecule has 1 heterocycles. The van der Waals surface area contributed by atoms with Crippen LogP contribution in [0.1, 0.15) is 13.3 Å². The van der Waals surface area contributed by atoms with Crippen molar-refractivity contribution in [1.29, 1.82) is 0 Å². The number of hydrogen-bond acceptors (Lipinski definition) is 4. The molecule has 4 nitrogen and oxygen atoms in total. The SMILES string of the molecule is CCOCCCNc1nccn1-c1cccc(SC)c1. The second-order valence-corrected chi connectivity index (χ2v) is 5.18. The average molecular weight is 291 g/mol. The minimum atomic E-state index is 0.774. The van der Waals surface area contributed by atoms with Crippen LogP contribution in [0.25, 0.3) is 5.69 Å². The molecule has 1 N–H and O–H groups in total. The van der Waals surface area contributed by atoms with Crippen molar-refractivity contribution in [3.05, 3.63) is 36.7 Å². The van der Waals surface area contributed by atoms with E-state index in [-0.39, 0.29) is 0 Å². The Hall–Kier alpha value is -1.46. The zero-order valence-electron chi connectivity index (χ0n) is 12.0. The fraction of sp³-hybridized carbons (Fsp3) is 0.400. The maximum Gasteiger partial charge on any atom is 0.207 e. The summed E-state index contributed by atoms with van der Waals surface area (Å²) in [5.74, 6) is 0.875. The smallest absolute Gasteiger partial charge is 0.207 e. The number of hydrogen-bond donors (Lipinski definition) is 1. The summed E-state index contributed by atoms with van der Waals surface area (Å²) in [5, 5.41) is 3.35. The molecule has 1 aromatic carbocycles. The van der Waals surface area contributed by atoms with Gasteiger partial charge in [-0.25, -0.2) is 4.98 Å². The van der Waals surface area contributed by atoms with Crippen LogP contribution in [-0.2, 0) is 4.74 Å². The van der Waals surface area contributed by atoms with Gasteiger partial charge in [0.1, 0.15) is 0 Å². The number of nitrogens with one attached hydrogen (secondary N) is 1. The van der Waals surface area contributed by atoms with Crippen LogP contribution in [0.4, 0.5) is 5.95 Å². The first-order valence-corrected chi connectivity index (χ1v) is 8.07. The largest absolute Gasteiger partial charge is 0.382 e. The summed E-state index contributed by atoms with van der Waals surface area (Å²) in [7, 11) is 0. The van der Waals surface area contributed by atoms with E-state index < -0.39 is 0 Å². The third-order valence-electron chi connectivity index (χ3n) is 2.92. The van der Waals surface area contributed by atoms with Crippen molar-refractivity contribution in [3.8, 4) is 5.69 Å². The van der Waals surface area contributed by atoms with E-state index in [1.54, 1.807) is 11.8 Å². The molecule has 0 aliphatic heterocycles. The number of rotatable bonds is 8. The van der Waals surface area contributed by atoms with Crippen LogP contribution in [0.3, 0.4) is 0 Å². The standard InChI is InChI=1S/C15H21N3OS/c1-3-19-11-5-8-16-15-17-9-10-18(15)13-6-4-7-14(12-13)20-2/h4,6-7,9-10,12H,3,5,8,11H2,1-2H3,(H,16,17). The van der Waals surface area contributed by atoms with Gasteiger partial charge in [-0.1, -0.05) is 6.07 Å². The van der Waals surface area contributed by atoms with E-state index in [0.717, 1.165) is 37.8 Å². The fourth-order valence-corrected chi connectivity index (χ4v) is 2.37. The molecule has 0 atom stereocenters. The second kappa shape index (κ2) is 7.97. The van der Waals surface area contributed by atoms with Crippen LogP contribution in [0, 0.1) is 0 Å². The van der Waals surface area contributed by atoms with Crippen molar-refractivity contribution in [3.63, 3.8) is 0 Å². The molecule has 0 unspecified atom stereocenters. The zero-order valence-corrected chi connectivity index (χ0v) is 12.8. The molecule has 0 aliphatic carbocycles. The topological polar surface area (TPSA) is 39.1 Å². The molecule has 0 aliphatic rings. The highest BCUT2D eigenvalue weighted by molar-refractivity contribution is 7.98. The van der Waals surface area contributed by atoms with Crippen LogP contribution >= 0.6 is 11.8 Å². The Morgan fingerprint density at radius 2 is 2.30 bits per heavy atom. The number of nitrogens with zero attached hydrogens (tertiary/aromatic N) is 2. The van der Waals surface area contributed by atoms with Gasteiger partial charge in [-0.15, -0.1) is 11.8 Å². The molecular formula is C15H21N3OS. The summed E-state index contributed by atoms with van der Waals surface area (Å²) in [6.07, 6.45) is 6.85. The predicted molar refractivity (Wildman–Crippen MR) is 84.9 cm³/mol. The van der Waals surface area contributed by atoms with Crippen molar-refractivity contribution in [2.45, 2.75) is 18.2 Å². The number of imidazole rings is 1. The Morgan fingerprint density at radius 1 is 1.40 bits per heavy atom. The fourth-order valence-electron chi connectivity index (χ4n) is 1.92. The van der Waals surface area contributed by atoms with Gasteiger partial charge in [0.2, 0.25) is 5.95 Å². The minimum Gasteiger partial charge on any atom is -0.382 e. The molecule has 2 aromatic rings. The number of ether oxygens (including phenoxy) is 1. The first-order chi connectivity index (χ1) is 9.85. The van der Waals surface area contributed by atoms with Crippen molar-refractivity contribution in [2.75, 3.05) is 31.3 Å². The van der Waals surface area contributed by atoms with Gasteiger partial charge in [0.05, 0.1) is 0 Å². The van der Waals surface area contributed by atoms with Gasteiger partial charge in [-0.3, -0.25) is 4.57 Å². The monoisotopic (exact) mass is 291 g/mol. The van der Waals surface area contributed by atoms with Gasteiger partial charge in [-0.05, 0) is 37.8 Å². The number of benzene rings is 1. The number of aromatic nitrogens is 2. The molecule has 5 heteroatoms. The van der Waals surface area contributed by atoms with Gasteiger partial charge < -0.3 is 10.1 Å². The van der Waals surface area contributed by atoms with Crippen LogP contribution in [-0.4, -0.2) is 35.6 Å². The van der Waals surface area contributed by atoms with Crippen LogP contribution in [0.2, 0.25) is 0 Å². The van der Waals surface area contributed by atoms with Gasteiger partial charge >= 0.3 is 0 Å². The van der Waals surface area contributed by atoms with Crippen molar-refractivity contribution in [2.24, 2.45) is 0 Å². The molecule has 0 saturated heterocycles. The number of anilines is 1. The van der Waals surface area contributed by atoms with E-state index >= 15 is 0 Å². The quantitative estimate of drug-likeness (QED) is 0.597. The molecule has 0 spiro atoms. The molecule has 0 bridgehead atoms. The molecule has 0 amide bonds. The van der Waals surface area contributed by atoms with E-state index in [4.69, 9.17) is 4.74 Å². The molecule has 20 heavy (non-hydrogen) atoms. The lowest BCUT2D eigenvalue weighted by molar-refractivity contribution is 0.147. The molecule has 1 aromatic heterocycles. The van der Waals surface area contributed by atoms with E-state index in [9.17, 15) is 0 Å². The summed E-state index contributed by atoms with van der Waals surface area (Å²) in [5.41, 5.74) is 1.13. The highest BCUT2D eigenvalue weighted by atomic mass is 32.2. The molecular weight excluding hydrogens is 270 g/mol. The third-order valence-corrected chi connectivity index (χ3v) is 3.65. The van der Waals surface area contributed by atoms with E-state index in [0.29, 0.717) is 0 Å². The lowest BCUT2D eigenvalue weighted by Crippen LogP contribution is -2.09. The highest BCUT2D eigenvalue weighted by Crippen LogP contribution is 2.20. The molecule has 2 rings (SSSR count). The third kappa shape index (κ3) is 4.02. The maximum absolute atomic E-state index is 5.33. The normalized spacial score (nSPS) is 10.7. The summed E-state index contributed by atoms with van der Waals surface area (Å²) in [6, 6.07) is 8.44. The minimum absolute atomic E-state index is 0.774. The van der Waals surface area contributed by atoms with E-state index in [1.807, 2.05) is 19.3 Å². The Morgan fingerprint density at radius 3 is 3.10 bits per heavy atom. The molecule has 0 fully saturated rings. The zero-order chi connectivity index (χ0) is 14.2. The van der Waals surface area contributed by atoms with Crippen molar-refractivity contribution < 1.29 is 4.74 Å². The van der Waals surface area contributed by atoms with Crippen LogP contribution < -0.4 is 5.32 Å². The molecule has 0 radical (unpaired) electrons. The molecule has 108 valence electrons. The molecule has 0 saturated carbocycles. The van der Waals surface area contributed by atoms with Crippen molar-refractivity contribution in [1.82, 2.24) is 9.55 Å². The Bertz CT molecular complexity index is 527. The number of thioether (sulfide) groups is 1. The average Bonchev–Trinajstić information content (AvgIpc) is 2.95. The first-order valence-electron chi connectivity index (χ1n) is 6.84.